The highest BCUT2D eigenvalue weighted by Gasteiger charge is 2.23. The van der Waals surface area contributed by atoms with Gasteiger partial charge in [0.15, 0.2) is 5.82 Å². The molecule has 2 aromatic rings. The third-order valence-electron chi connectivity index (χ3n) is 4.02. The molecule has 3 N–H and O–H groups in total. The van der Waals surface area contributed by atoms with Gasteiger partial charge in [0.25, 0.3) is 6.43 Å². The molecule has 23 heavy (non-hydrogen) atoms. The first-order chi connectivity index (χ1) is 11.1. The Morgan fingerprint density at radius 2 is 2.35 bits per heavy atom. The molecular weight excluding hydrogens is 306 g/mol. The van der Waals surface area contributed by atoms with E-state index in [0.717, 1.165) is 12.8 Å². The van der Waals surface area contributed by atoms with Crippen LogP contribution in [0.3, 0.4) is 0 Å². The van der Waals surface area contributed by atoms with Crippen LogP contribution in [0.4, 0.5) is 19.3 Å². The summed E-state index contributed by atoms with van der Waals surface area (Å²) in [5, 5.41) is 12.0. The number of benzene rings is 1. The van der Waals surface area contributed by atoms with Gasteiger partial charge in [-0.05, 0) is 37.0 Å². The molecular formula is C15H18F2N4O2. The topological polar surface area (TPSA) is 81.2 Å². The predicted molar refractivity (Wildman–Crippen MR) is 81.5 cm³/mol. The molecule has 0 radical (unpaired) electrons. The molecule has 1 aliphatic rings. The monoisotopic (exact) mass is 324 g/mol. The minimum absolute atomic E-state index is 0.0697. The summed E-state index contributed by atoms with van der Waals surface area (Å²) < 4.78 is 25.3. The first-order valence-corrected chi connectivity index (χ1v) is 7.51. The van der Waals surface area contributed by atoms with E-state index in [1.54, 1.807) is 23.1 Å². The fourth-order valence-electron chi connectivity index (χ4n) is 2.81. The molecule has 1 aromatic heterocycles. The summed E-state index contributed by atoms with van der Waals surface area (Å²) in [5.74, 6) is -0.275. The van der Waals surface area contributed by atoms with E-state index in [-0.39, 0.29) is 24.4 Å². The minimum atomic E-state index is -2.66. The molecule has 2 amide bonds. The number of rotatable bonds is 3. The number of anilines is 1. The van der Waals surface area contributed by atoms with Crippen molar-refractivity contribution in [2.45, 2.75) is 19.3 Å². The van der Waals surface area contributed by atoms with E-state index in [0.29, 0.717) is 29.8 Å². The molecule has 1 aliphatic heterocycles. The minimum Gasteiger partial charge on any atom is -0.396 e. The second kappa shape index (κ2) is 6.49. The van der Waals surface area contributed by atoms with Crippen molar-refractivity contribution >= 4 is 22.8 Å². The lowest BCUT2D eigenvalue weighted by molar-refractivity contribution is 0.136. The molecule has 0 bridgehead atoms. The average Bonchev–Trinajstić information content (AvgIpc) is 2.98. The van der Waals surface area contributed by atoms with Crippen molar-refractivity contribution in [2.24, 2.45) is 5.92 Å². The van der Waals surface area contributed by atoms with Crippen molar-refractivity contribution in [1.82, 2.24) is 14.9 Å². The molecule has 1 saturated heterocycles. The molecule has 0 aliphatic carbocycles. The fraction of sp³-hybridized carbons (Fsp3) is 0.467. The number of nitrogens with one attached hydrogen (secondary N) is 2. The second-order valence-corrected chi connectivity index (χ2v) is 5.72. The van der Waals surface area contributed by atoms with Crippen molar-refractivity contribution in [3.8, 4) is 0 Å². The Morgan fingerprint density at radius 1 is 1.52 bits per heavy atom. The van der Waals surface area contributed by atoms with Gasteiger partial charge in [0.1, 0.15) is 0 Å². The zero-order chi connectivity index (χ0) is 16.4. The molecule has 1 fully saturated rings. The number of imidazole rings is 1. The van der Waals surface area contributed by atoms with E-state index < -0.39 is 6.43 Å². The molecule has 124 valence electrons. The zero-order valence-corrected chi connectivity index (χ0v) is 12.4. The van der Waals surface area contributed by atoms with Gasteiger partial charge in [0.2, 0.25) is 0 Å². The number of amides is 2. The second-order valence-electron chi connectivity index (χ2n) is 5.72. The SMILES string of the molecule is O=C(Nc1ccc2nc(C(F)F)[nH]c2c1)N1CCCC(CO)C1. The van der Waals surface area contributed by atoms with Crippen molar-refractivity contribution in [3.05, 3.63) is 24.0 Å². The first-order valence-electron chi connectivity index (χ1n) is 7.51. The number of nitrogens with zero attached hydrogens (tertiary/aromatic N) is 2. The van der Waals surface area contributed by atoms with Gasteiger partial charge in [0.05, 0.1) is 11.0 Å². The summed E-state index contributed by atoms with van der Waals surface area (Å²) in [6, 6.07) is 4.54. The summed E-state index contributed by atoms with van der Waals surface area (Å²) in [4.78, 5) is 20.3. The first kappa shape index (κ1) is 15.7. The maximum Gasteiger partial charge on any atom is 0.321 e. The summed E-state index contributed by atoms with van der Waals surface area (Å²) in [6.07, 6.45) is -0.892. The van der Waals surface area contributed by atoms with Crippen LogP contribution in [0.2, 0.25) is 0 Å². The summed E-state index contributed by atoms with van der Waals surface area (Å²) in [6.45, 7) is 1.23. The maximum absolute atomic E-state index is 12.6. The molecule has 3 rings (SSSR count). The third-order valence-corrected chi connectivity index (χ3v) is 4.02. The third kappa shape index (κ3) is 3.42. The van der Waals surface area contributed by atoms with Crippen LogP contribution in [-0.4, -0.2) is 45.7 Å². The van der Waals surface area contributed by atoms with E-state index >= 15 is 0 Å². The van der Waals surface area contributed by atoms with Crippen molar-refractivity contribution in [2.75, 3.05) is 25.0 Å². The van der Waals surface area contributed by atoms with Gasteiger partial charge >= 0.3 is 6.03 Å². The van der Waals surface area contributed by atoms with Crippen LogP contribution in [-0.2, 0) is 0 Å². The Labute approximate surface area is 131 Å². The van der Waals surface area contributed by atoms with E-state index in [2.05, 4.69) is 15.3 Å². The van der Waals surface area contributed by atoms with Gasteiger partial charge in [-0.1, -0.05) is 0 Å². The number of aromatic nitrogens is 2. The lowest BCUT2D eigenvalue weighted by atomic mass is 9.99. The number of aromatic amines is 1. The summed E-state index contributed by atoms with van der Waals surface area (Å²) in [5.41, 5.74) is 1.39. The van der Waals surface area contributed by atoms with Crippen LogP contribution in [0.1, 0.15) is 25.1 Å². The number of aliphatic hydroxyl groups excluding tert-OH is 1. The van der Waals surface area contributed by atoms with Gasteiger partial charge in [0, 0.05) is 25.4 Å². The molecule has 0 spiro atoms. The molecule has 6 nitrogen and oxygen atoms in total. The summed E-state index contributed by atoms with van der Waals surface area (Å²) >= 11 is 0. The molecule has 1 atom stereocenters. The Bertz CT molecular complexity index is 704. The highest BCUT2D eigenvalue weighted by molar-refractivity contribution is 5.92. The number of carbonyl (C=O) groups is 1. The maximum atomic E-state index is 12.6. The van der Waals surface area contributed by atoms with E-state index in [1.165, 1.54) is 0 Å². The van der Waals surface area contributed by atoms with Gasteiger partial charge < -0.3 is 20.3 Å². The van der Waals surface area contributed by atoms with Gasteiger partial charge in [-0.25, -0.2) is 18.6 Å². The number of halogens is 2. The van der Waals surface area contributed by atoms with Crippen LogP contribution >= 0.6 is 0 Å². The number of fused-ring (bicyclic) bond motifs is 1. The Balaban J connectivity index is 1.71. The number of carbonyl (C=O) groups excluding carboxylic acids is 1. The molecule has 0 saturated carbocycles. The molecule has 1 aromatic carbocycles. The highest BCUT2D eigenvalue weighted by Crippen LogP contribution is 2.23. The van der Waals surface area contributed by atoms with E-state index in [1.807, 2.05) is 0 Å². The largest absolute Gasteiger partial charge is 0.396 e. The number of aliphatic hydroxyl groups is 1. The number of urea groups is 1. The fourth-order valence-corrected chi connectivity index (χ4v) is 2.81. The van der Waals surface area contributed by atoms with E-state index in [4.69, 9.17) is 0 Å². The molecule has 1 unspecified atom stereocenters. The van der Waals surface area contributed by atoms with Gasteiger partial charge in [-0.2, -0.15) is 0 Å². The number of piperidine rings is 1. The zero-order valence-electron chi connectivity index (χ0n) is 12.4. The van der Waals surface area contributed by atoms with Gasteiger partial charge in [-0.3, -0.25) is 0 Å². The number of H-pyrrole nitrogens is 1. The smallest absolute Gasteiger partial charge is 0.321 e. The van der Waals surface area contributed by atoms with Crippen LogP contribution < -0.4 is 5.32 Å². The summed E-state index contributed by atoms with van der Waals surface area (Å²) in [7, 11) is 0. The lowest BCUT2D eigenvalue weighted by Gasteiger charge is -2.31. The van der Waals surface area contributed by atoms with Crippen LogP contribution in [0.15, 0.2) is 18.2 Å². The number of hydrogen-bond donors (Lipinski definition) is 3. The van der Waals surface area contributed by atoms with Crippen LogP contribution in [0.5, 0.6) is 0 Å². The predicted octanol–water partition coefficient (Wildman–Crippen LogP) is 2.74. The highest BCUT2D eigenvalue weighted by atomic mass is 19.3. The quantitative estimate of drug-likeness (QED) is 0.812. The average molecular weight is 324 g/mol. The van der Waals surface area contributed by atoms with Crippen LogP contribution in [0.25, 0.3) is 11.0 Å². The van der Waals surface area contributed by atoms with Crippen molar-refractivity contribution in [3.63, 3.8) is 0 Å². The van der Waals surface area contributed by atoms with Crippen LogP contribution in [0, 0.1) is 5.92 Å². The normalized spacial score (nSPS) is 18.6. The molecule has 2 heterocycles. The molecule has 8 heteroatoms. The standard InChI is InChI=1S/C15H18F2N4O2/c16-13(17)14-19-11-4-3-10(6-12(11)20-14)18-15(23)21-5-1-2-9(7-21)8-22/h3-4,6,9,13,22H,1-2,5,7-8H2,(H,18,23)(H,19,20). The van der Waals surface area contributed by atoms with Crippen molar-refractivity contribution < 1.29 is 18.7 Å². The number of hydrogen-bond acceptors (Lipinski definition) is 3. The Hall–Kier alpha value is -2.22. The number of alkyl halides is 2. The Kier molecular flexibility index (Phi) is 4.42. The van der Waals surface area contributed by atoms with Gasteiger partial charge in [-0.15, -0.1) is 0 Å². The lowest BCUT2D eigenvalue weighted by Crippen LogP contribution is -2.43. The van der Waals surface area contributed by atoms with E-state index in [9.17, 15) is 18.7 Å². The van der Waals surface area contributed by atoms with Crippen molar-refractivity contribution in [1.29, 1.82) is 0 Å². The Morgan fingerprint density at radius 3 is 3.09 bits per heavy atom. The number of likely N-dealkylation sites (tertiary alicyclic amines) is 1.